The van der Waals surface area contributed by atoms with Crippen LogP contribution < -0.4 is 0 Å². The smallest absolute Gasteiger partial charge is 0.165 e. The zero-order chi connectivity index (χ0) is 38.2. The van der Waals surface area contributed by atoms with E-state index in [2.05, 4.69) is 146 Å². The van der Waals surface area contributed by atoms with Crippen LogP contribution in [-0.4, -0.2) is 19.9 Å². The molecule has 6 heteroatoms. The molecule has 0 bridgehead atoms. The molecule has 0 unspecified atom stereocenters. The van der Waals surface area contributed by atoms with Crippen LogP contribution in [0.5, 0.6) is 0 Å². The number of fused-ring (bicyclic) bond motifs is 9. The lowest BCUT2D eigenvalue weighted by molar-refractivity contribution is 0.672. The standard InChI is InChI=1S/C52H30N4OS/c1-3-14-31(15-4-1)47-46-42-30-33(26-29-44(42)57-48(46)40-21-9-11-24-43(40)53-47)34-27-28-39(36-19-8-7-18-35(34)36)51-54-50(32-16-5-2-6-17-32)55-52(56-51)41-23-13-22-38-37-20-10-12-25-45(37)58-49(38)41/h1-30H. The molecule has 0 atom stereocenters. The van der Waals surface area contributed by atoms with Gasteiger partial charge in [0.25, 0.3) is 0 Å². The quantitative estimate of drug-likeness (QED) is 0.175. The molecule has 0 fully saturated rings. The van der Waals surface area contributed by atoms with Crippen molar-refractivity contribution in [3.63, 3.8) is 0 Å². The van der Waals surface area contributed by atoms with Crippen molar-refractivity contribution in [2.24, 2.45) is 0 Å². The lowest BCUT2D eigenvalue weighted by Crippen LogP contribution is -2.01. The largest absolute Gasteiger partial charge is 0.455 e. The van der Waals surface area contributed by atoms with E-state index >= 15 is 0 Å². The van der Waals surface area contributed by atoms with Gasteiger partial charge in [0.15, 0.2) is 17.5 Å². The fourth-order valence-corrected chi connectivity index (χ4v) is 9.65. The van der Waals surface area contributed by atoms with Gasteiger partial charge in [0, 0.05) is 53.2 Å². The lowest BCUT2D eigenvalue weighted by Gasteiger charge is -2.13. The van der Waals surface area contributed by atoms with E-state index in [9.17, 15) is 0 Å². The summed E-state index contributed by atoms with van der Waals surface area (Å²) in [6.07, 6.45) is 0. The first-order chi connectivity index (χ1) is 28.7. The molecule has 0 saturated carbocycles. The van der Waals surface area contributed by atoms with Gasteiger partial charge in [0.1, 0.15) is 11.2 Å². The summed E-state index contributed by atoms with van der Waals surface area (Å²) < 4.78 is 9.07. The maximum atomic E-state index is 6.66. The van der Waals surface area contributed by atoms with Crippen LogP contribution in [-0.2, 0) is 0 Å². The highest BCUT2D eigenvalue weighted by atomic mass is 32.1. The van der Waals surface area contributed by atoms with E-state index in [-0.39, 0.29) is 0 Å². The Morgan fingerprint density at radius 2 is 1.00 bits per heavy atom. The number of rotatable bonds is 5. The molecule has 58 heavy (non-hydrogen) atoms. The number of para-hydroxylation sites is 1. The Balaban J connectivity index is 1.06. The van der Waals surface area contributed by atoms with Gasteiger partial charge in [-0.05, 0) is 64.4 Å². The number of thiophene rings is 1. The molecular weight excluding hydrogens is 729 g/mol. The number of pyridine rings is 1. The molecule has 8 aromatic carbocycles. The Kier molecular flexibility index (Phi) is 7.33. The van der Waals surface area contributed by atoms with E-state index in [1.807, 2.05) is 36.4 Å². The van der Waals surface area contributed by atoms with Crippen LogP contribution in [0.3, 0.4) is 0 Å². The second kappa shape index (κ2) is 13.0. The van der Waals surface area contributed by atoms with Crippen LogP contribution in [0, 0.1) is 0 Å². The summed E-state index contributed by atoms with van der Waals surface area (Å²) in [5, 5.41) is 7.66. The Bertz CT molecular complexity index is 3570. The van der Waals surface area contributed by atoms with Crippen molar-refractivity contribution >= 4 is 75.1 Å². The Hall–Kier alpha value is -7.54. The summed E-state index contributed by atoms with van der Waals surface area (Å²) in [4.78, 5) is 20.8. The third-order valence-corrected chi connectivity index (χ3v) is 12.4. The predicted octanol–water partition coefficient (Wildman–Crippen LogP) is 14.2. The SMILES string of the molecule is c1ccc(-c2nc(-c3ccc(-c4ccc5oc6c7ccccc7nc(-c7ccccc7)c6c5c4)c4ccccc34)nc(-c3cccc4c3sc3ccccc34)n2)cc1. The molecule has 0 N–H and O–H groups in total. The number of aromatic nitrogens is 4. The normalized spacial score (nSPS) is 11.8. The molecule has 0 saturated heterocycles. The molecule has 4 aromatic heterocycles. The minimum atomic E-state index is 0.631. The molecule has 5 nitrogen and oxygen atoms in total. The number of hydrogen-bond acceptors (Lipinski definition) is 6. The third-order valence-electron chi connectivity index (χ3n) is 11.1. The molecule has 12 rings (SSSR count). The number of hydrogen-bond donors (Lipinski definition) is 0. The molecule has 0 aliphatic heterocycles. The minimum absolute atomic E-state index is 0.631. The van der Waals surface area contributed by atoms with Gasteiger partial charge in [-0.3, -0.25) is 0 Å². The summed E-state index contributed by atoms with van der Waals surface area (Å²) >= 11 is 1.78. The van der Waals surface area contributed by atoms with Crippen molar-refractivity contribution < 1.29 is 4.42 Å². The third kappa shape index (κ3) is 5.16. The van der Waals surface area contributed by atoms with Crippen LogP contribution >= 0.6 is 11.3 Å². The number of nitrogens with zero attached hydrogens (tertiary/aromatic N) is 4. The highest BCUT2D eigenvalue weighted by Gasteiger charge is 2.21. The van der Waals surface area contributed by atoms with E-state index < -0.39 is 0 Å². The molecule has 270 valence electrons. The summed E-state index contributed by atoms with van der Waals surface area (Å²) in [6.45, 7) is 0. The van der Waals surface area contributed by atoms with Gasteiger partial charge in [-0.1, -0.05) is 140 Å². The lowest BCUT2D eigenvalue weighted by atomic mass is 9.93. The molecule has 0 amide bonds. The summed E-state index contributed by atoms with van der Waals surface area (Å²) in [6, 6.07) is 63.2. The zero-order valence-electron chi connectivity index (χ0n) is 30.9. The molecule has 12 aromatic rings. The second-order valence-electron chi connectivity index (χ2n) is 14.5. The average molecular weight is 759 g/mol. The number of benzene rings is 8. The van der Waals surface area contributed by atoms with Gasteiger partial charge in [-0.25, -0.2) is 19.9 Å². The van der Waals surface area contributed by atoms with E-state index in [4.69, 9.17) is 24.4 Å². The predicted molar refractivity (Wildman–Crippen MR) is 240 cm³/mol. The van der Waals surface area contributed by atoms with E-state index in [0.717, 1.165) is 82.7 Å². The van der Waals surface area contributed by atoms with Crippen molar-refractivity contribution in [1.29, 1.82) is 0 Å². The second-order valence-corrected chi connectivity index (χ2v) is 15.6. The first-order valence-electron chi connectivity index (χ1n) is 19.3. The highest BCUT2D eigenvalue weighted by molar-refractivity contribution is 7.26. The van der Waals surface area contributed by atoms with Gasteiger partial charge < -0.3 is 4.42 Å². The molecule has 0 aliphatic rings. The molecule has 4 heterocycles. The Labute approximate surface area is 336 Å². The van der Waals surface area contributed by atoms with Gasteiger partial charge in [-0.15, -0.1) is 11.3 Å². The minimum Gasteiger partial charge on any atom is -0.455 e. The van der Waals surface area contributed by atoms with E-state index in [0.29, 0.717) is 17.5 Å². The van der Waals surface area contributed by atoms with Crippen LogP contribution in [0.15, 0.2) is 186 Å². The highest BCUT2D eigenvalue weighted by Crippen LogP contribution is 2.43. The van der Waals surface area contributed by atoms with Crippen LogP contribution in [0.2, 0.25) is 0 Å². The maximum absolute atomic E-state index is 6.66. The number of furan rings is 1. The monoisotopic (exact) mass is 758 g/mol. The van der Waals surface area contributed by atoms with E-state index in [1.54, 1.807) is 11.3 Å². The van der Waals surface area contributed by atoms with Crippen LogP contribution in [0.25, 0.3) is 120 Å². The first kappa shape index (κ1) is 32.7. The molecular formula is C52H30N4OS. The van der Waals surface area contributed by atoms with Crippen molar-refractivity contribution in [2.45, 2.75) is 0 Å². The zero-order valence-corrected chi connectivity index (χ0v) is 31.7. The summed E-state index contributed by atoms with van der Waals surface area (Å²) in [5.41, 5.74) is 9.63. The van der Waals surface area contributed by atoms with Crippen molar-refractivity contribution in [3.8, 4) is 56.5 Å². The van der Waals surface area contributed by atoms with Crippen molar-refractivity contribution in [3.05, 3.63) is 182 Å². The van der Waals surface area contributed by atoms with Crippen molar-refractivity contribution in [2.75, 3.05) is 0 Å². The van der Waals surface area contributed by atoms with Gasteiger partial charge in [0.05, 0.1) is 16.6 Å². The summed E-state index contributed by atoms with van der Waals surface area (Å²) in [5.74, 6) is 1.92. The topological polar surface area (TPSA) is 64.7 Å². The fourth-order valence-electron chi connectivity index (χ4n) is 8.44. The molecule has 0 aliphatic carbocycles. The molecule has 0 spiro atoms. The Morgan fingerprint density at radius 1 is 0.379 bits per heavy atom. The van der Waals surface area contributed by atoms with Gasteiger partial charge in [0.2, 0.25) is 0 Å². The van der Waals surface area contributed by atoms with Gasteiger partial charge >= 0.3 is 0 Å². The van der Waals surface area contributed by atoms with Gasteiger partial charge in [-0.2, -0.15) is 0 Å². The molecule has 0 radical (unpaired) electrons. The van der Waals surface area contributed by atoms with Crippen molar-refractivity contribution in [1.82, 2.24) is 19.9 Å². The first-order valence-corrected chi connectivity index (χ1v) is 20.1. The fraction of sp³-hybridized carbons (Fsp3) is 0. The summed E-state index contributed by atoms with van der Waals surface area (Å²) in [7, 11) is 0. The average Bonchev–Trinajstić information content (AvgIpc) is 3.88. The Morgan fingerprint density at radius 3 is 1.81 bits per heavy atom. The van der Waals surface area contributed by atoms with Crippen LogP contribution in [0.4, 0.5) is 0 Å². The van der Waals surface area contributed by atoms with E-state index in [1.165, 1.54) is 20.2 Å². The van der Waals surface area contributed by atoms with Crippen LogP contribution in [0.1, 0.15) is 0 Å². The maximum Gasteiger partial charge on any atom is 0.165 e.